The van der Waals surface area contributed by atoms with Crippen LogP contribution < -0.4 is 4.90 Å². The summed E-state index contributed by atoms with van der Waals surface area (Å²) in [5.41, 5.74) is 14.9. The molecule has 0 aliphatic carbocycles. The van der Waals surface area contributed by atoms with E-state index in [0.717, 1.165) is 78.2 Å². The average molecular weight is 780 g/mol. The molecule has 0 saturated heterocycles. The van der Waals surface area contributed by atoms with Crippen molar-refractivity contribution < 1.29 is 4.42 Å². The molecule has 0 unspecified atom stereocenters. The van der Waals surface area contributed by atoms with Crippen molar-refractivity contribution in [2.75, 3.05) is 4.90 Å². The number of hydrogen-bond donors (Lipinski definition) is 0. The molecule has 286 valence electrons. The maximum Gasteiger partial charge on any atom is 0.135 e. The van der Waals surface area contributed by atoms with E-state index >= 15 is 0 Å². The van der Waals surface area contributed by atoms with Crippen molar-refractivity contribution in [2.24, 2.45) is 0 Å². The zero-order valence-electron chi connectivity index (χ0n) is 33.1. The van der Waals surface area contributed by atoms with Crippen LogP contribution in [-0.4, -0.2) is 9.55 Å². The van der Waals surface area contributed by atoms with E-state index in [-0.39, 0.29) is 0 Å². The highest BCUT2D eigenvalue weighted by molar-refractivity contribution is 6.11. The van der Waals surface area contributed by atoms with Gasteiger partial charge in [0.25, 0.3) is 0 Å². The molecule has 3 heterocycles. The SMILES string of the molecule is c1ccc(N(c2ccc(-c3cc(-c4ccc5oc6ccccc6c5c4)cc(-c4ccc5c(c4)c4ccccc4n5-c4ccccc4)c3)nc2)c2ccc3ccccc3c2)cc1. The van der Waals surface area contributed by atoms with Crippen LogP contribution in [0, 0.1) is 0 Å². The smallest absolute Gasteiger partial charge is 0.135 e. The lowest BCUT2D eigenvalue weighted by Gasteiger charge is -2.25. The monoisotopic (exact) mass is 779 g/mol. The number of anilines is 3. The van der Waals surface area contributed by atoms with Gasteiger partial charge in [0.05, 0.1) is 28.6 Å². The molecule has 0 N–H and O–H groups in total. The molecule has 0 saturated carbocycles. The van der Waals surface area contributed by atoms with Crippen molar-refractivity contribution in [1.82, 2.24) is 9.55 Å². The predicted molar refractivity (Wildman–Crippen MR) is 254 cm³/mol. The van der Waals surface area contributed by atoms with Gasteiger partial charge in [0.2, 0.25) is 0 Å². The molecule has 12 rings (SSSR count). The van der Waals surface area contributed by atoms with Crippen LogP contribution in [0.3, 0.4) is 0 Å². The molecule has 0 bridgehead atoms. The van der Waals surface area contributed by atoms with Crippen LogP contribution >= 0.6 is 0 Å². The van der Waals surface area contributed by atoms with Crippen molar-refractivity contribution in [3.63, 3.8) is 0 Å². The van der Waals surface area contributed by atoms with Gasteiger partial charge in [-0.3, -0.25) is 4.98 Å². The van der Waals surface area contributed by atoms with Crippen LogP contribution in [0.4, 0.5) is 17.1 Å². The van der Waals surface area contributed by atoms with E-state index < -0.39 is 0 Å². The fraction of sp³-hybridized carbons (Fsp3) is 0. The highest BCUT2D eigenvalue weighted by Gasteiger charge is 2.17. The van der Waals surface area contributed by atoms with E-state index in [9.17, 15) is 0 Å². The third-order valence-electron chi connectivity index (χ3n) is 12.0. The van der Waals surface area contributed by atoms with Crippen LogP contribution in [0.5, 0.6) is 0 Å². The largest absolute Gasteiger partial charge is 0.456 e. The summed E-state index contributed by atoms with van der Waals surface area (Å²) in [6, 6.07) is 77.8. The molecular formula is C57H37N3O. The lowest BCUT2D eigenvalue weighted by Crippen LogP contribution is -2.10. The molecule has 0 atom stereocenters. The minimum atomic E-state index is 0.883. The third-order valence-corrected chi connectivity index (χ3v) is 12.0. The maximum atomic E-state index is 6.24. The number of pyridine rings is 1. The number of benzene rings is 9. The number of para-hydroxylation sites is 4. The van der Waals surface area contributed by atoms with Crippen molar-refractivity contribution in [2.45, 2.75) is 0 Å². The molecule has 4 heteroatoms. The molecule has 4 nitrogen and oxygen atoms in total. The molecule has 61 heavy (non-hydrogen) atoms. The fourth-order valence-corrected chi connectivity index (χ4v) is 9.05. The standard InChI is InChI=1S/C57H37N3O/c1-3-15-45(16-4-1)59(47-26-23-38-13-7-8-14-39(38)34-47)48-27-28-53(58-37-48)44-32-42(31-43(33-44)41-25-30-57-52(36-41)50-20-10-12-22-56(50)61-57)40-24-29-55-51(35-40)49-19-9-11-21-54(49)60(55)46-17-5-2-6-18-46/h1-37H. The third kappa shape index (κ3) is 6.04. The first-order valence-corrected chi connectivity index (χ1v) is 20.7. The summed E-state index contributed by atoms with van der Waals surface area (Å²) in [6.45, 7) is 0. The molecule has 3 aromatic heterocycles. The van der Waals surface area contributed by atoms with E-state index in [4.69, 9.17) is 9.40 Å². The fourth-order valence-electron chi connectivity index (χ4n) is 9.05. The topological polar surface area (TPSA) is 34.2 Å². The van der Waals surface area contributed by atoms with Gasteiger partial charge in [-0.25, -0.2) is 0 Å². The quantitative estimate of drug-likeness (QED) is 0.162. The van der Waals surface area contributed by atoms with E-state index in [1.807, 2.05) is 18.3 Å². The molecule has 0 aliphatic rings. The van der Waals surface area contributed by atoms with Crippen LogP contribution in [0.1, 0.15) is 0 Å². The molecule has 0 radical (unpaired) electrons. The van der Waals surface area contributed by atoms with E-state index in [1.54, 1.807) is 0 Å². The van der Waals surface area contributed by atoms with Gasteiger partial charge in [0.15, 0.2) is 0 Å². The second kappa shape index (κ2) is 14.3. The molecular weight excluding hydrogens is 743 g/mol. The van der Waals surface area contributed by atoms with Crippen LogP contribution in [0.15, 0.2) is 229 Å². The molecule has 12 aromatic rings. The van der Waals surface area contributed by atoms with E-state index in [1.165, 1.54) is 32.6 Å². The molecule has 9 aromatic carbocycles. The lowest BCUT2D eigenvalue weighted by molar-refractivity contribution is 0.669. The first-order valence-electron chi connectivity index (χ1n) is 20.7. The Morgan fingerprint density at radius 3 is 1.79 bits per heavy atom. The summed E-state index contributed by atoms with van der Waals surface area (Å²) >= 11 is 0. The number of furan rings is 1. The van der Waals surface area contributed by atoms with Crippen LogP contribution in [-0.2, 0) is 0 Å². The Bertz CT molecular complexity index is 3590. The number of rotatable bonds is 7. The lowest BCUT2D eigenvalue weighted by atomic mass is 9.93. The highest BCUT2D eigenvalue weighted by Crippen LogP contribution is 2.41. The summed E-state index contributed by atoms with van der Waals surface area (Å²) in [5.74, 6) is 0. The van der Waals surface area contributed by atoms with Gasteiger partial charge < -0.3 is 13.9 Å². The molecule has 0 fully saturated rings. The Kier molecular flexibility index (Phi) is 8.13. The Labute approximate surface area is 352 Å². The predicted octanol–water partition coefficient (Wildman–Crippen LogP) is 15.7. The Hall–Kier alpha value is -8.21. The van der Waals surface area contributed by atoms with Crippen molar-refractivity contribution in [3.05, 3.63) is 225 Å². The maximum absolute atomic E-state index is 6.24. The van der Waals surface area contributed by atoms with Crippen molar-refractivity contribution in [3.8, 4) is 39.2 Å². The normalized spacial score (nSPS) is 11.6. The number of fused-ring (bicyclic) bond motifs is 7. The summed E-state index contributed by atoms with van der Waals surface area (Å²) < 4.78 is 8.60. The van der Waals surface area contributed by atoms with Crippen LogP contribution in [0.25, 0.3) is 93.7 Å². The second-order valence-corrected chi connectivity index (χ2v) is 15.6. The number of nitrogens with zero attached hydrogens (tertiary/aromatic N) is 3. The molecule has 0 spiro atoms. The first-order chi connectivity index (χ1) is 30.2. The van der Waals surface area contributed by atoms with Gasteiger partial charge in [-0.1, -0.05) is 115 Å². The summed E-state index contributed by atoms with van der Waals surface area (Å²) in [7, 11) is 0. The van der Waals surface area contributed by atoms with Crippen molar-refractivity contribution >= 4 is 71.6 Å². The summed E-state index contributed by atoms with van der Waals surface area (Å²) in [6.07, 6.45) is 2.00. The molecule has 0 amide bonds. The number of hydrogen-bond acceptors (Lipinski definition) is 3. The first kappa shape index (κ1) is 34.8. The minimum Gasteiger partial charge on any atom is -0.456 e. The van der Waals surface area contributed by atoms with Crippen LogP contribution in [0.2, 0.25) is 0 Å². The van der Waals surface area contributed by atoms with Gasteiger partial charge in [-0.2, -0.15) is 0 Å². The van der Waals surface area contributed by atoms with E-state index in [0.29, 0.717) is 0 Å². The highest BCUT2D eigenvalue weighted by atomic mass is 16.3. The zero-order valence-corrected chi connectivity index (χ0v) is 33.1. The van der Waals surface area contributed by atoms with Gasteiger partial charge in [-0.15, -0.1) is 0 Å². The Morgan fingerprint density at radius 1 is 0.361 bits per heavy atom. The second-order valence-electron chi connectivity index (χ2n) is 15.6. The van der Waals surface area contributed by atoms with Gasteiger partial charge in [0, 0.05) is 44.2 Å². The minimum absolute atomic E-state index is 0.883. The van der Waals surface area contributed by atoms with Gasteiger partial charge in [0.1, 0.15) is 11.2 Å². The molecule has 0 aliphatic heterocycles. The van der Waals surface area contributed by atoms with E-state index in [2.05, 4.69) is 216 Å². The van der Waals surface area contributed by atoms with Gasteiger partial charge >= 0.3 is 0 Å². The Morgan fingerprint density at radius 2 is 0.984 bits per heavy atom. The Balaban J connectivity index is 1.02. The number of aromatic nitrogens is 2. The summed E-state index contributed by atoms with van der Waals surface area (Å²) in [5, 5.41) is 7.06. The summed E-state index contributed by atoms with van der Waals surface area (Å²) in [4.78, 5) is 7.48. The zero-order chi connectivity index (χ0) is 40.3. The average Bonchev–Trinajstić information content (AvgIpc) is 3.87. The van der Waals surface area contributed by atoms with Gasteiger partial charge in [-0.05, 0) is 136 Å². The van der Waals surface area contributed by atoms with Crippen molar-refractivity contribution in [1.29, 1.82) is 0 Å².